The Hall–Kier alpha value is -3.47. The van der Waals surface area contributed by atoms with Crippen molar-refractivity contribution in [3.8, 4) is 0 Å². The number of nitrogens with zero attached hydrogens (tertiary/aromatic N) is 3. The van der Waals surface area contributed by atoms with Gasteiger partial charge in [-0.2, -0.15) is 0 Å². The molecule has 2 amide bonds. The van der Waals surface area contributed by atoms with Gasteiger partial charge in [-0.1, -0.05) is 67.6 Å². The number of hydrogen-bond donors (Lipinski definition) is 0. The molecule has 1 unspecified atom stereocenters. The van der Waals surface area contributed by atoms with Gasteiger partial charge in [0.05, 0.1) is 12.3 Å². The summed E-state index contributed by atoms with van der Waals surface area (Å²) in [5.74, 6) is 0.0263. The van der Waals surface area contributed by atoms with Crippen molar-refractivity contribution in [2.75, 3.05) is 13.1 Å². The highest BCUT2D eigenvalue weighted by atomic mass is 16.2. The molecule has 3 aromatic rings. The van der Waals surface area contributed by atoms with E-state index in [2.05, 4.69) is 36.2 Å². The molecule has 1 fully saturated rings. The first-order valence-corrected chi connectivity index (χ1v) is 12.2. The molecule has 0 bridgehead atoms. The minimum atomic E-state index is -0.181. The van der Waals surface area contributed by atoms with Gasteiger partial charge in [-0.25, -0.2) is 0 Å². The zero-order valence-corrected chi connectivity index (χ0v) is 19.9. The van der Waals surface area contributed by atoms with Gasteiger partial charge >= 0.3 is 0 Å². The Balaban J connectivity index is 1.47. The van der Waals surface area contributed by atoms with Crippen LogP contribution in [0.4, 0.5) is 0 Å². The van der Waals surface area contributed by atoms with Crippen molar-refractivity contribution < 1.29 is 9.59 Å². The predicted octanol–water partition coefficient (Wildman–Crippen LogP) is 4.65. The molecule has 2 heterocycles. The zero-order valence-electron chi connectivity index (χ0n) is 19.9. The molecule has 1 saturated heterocycles. The predicted molar refractivity (Wildman–Crippen MR) is 134 cm³/mol. The molecule has 5 heteroatoms. The summed E-state index contributed by atoms with van der Waals surface area (Å²) in [7, 11) is 0. The second-order valence-corrected chi connectivity index (χ2v) is 9.07. The third kappa shape index (κ3) is 6.31. The Labute approximate surface area is 202 Å². The summed E-state index contributed by atoms with van der Waals surface area (Å²) in [4.78, 5) is 34.7. The first-order chi connectivity index (χ1) is 16.6. The summed E-state index contributed by atoms with van der Waals surface area (Å²) < 4.78 is 0. The molecule has 0 saturated carbocycles. The fraction of sp³-hybridized carbons (Fsp3) is 0.345. The Morgan fingerprint density at radius 2 is 1.62 bits per heavy atom. The first kappa shape index (κ1) is 23.7. The van der Waals surface area contributed by atoms with Crippen LogP contribution >= 0.6 is 0 Å². The lowest BCUT2D eigenvalue weighted by molar-refractivity contribution is -0.141. The van der Waals surface area contributed by atoms with Crippen LogP contribution in [-0.2, 0) is 35.5 Å². The standard InChI is InChI=1S/C29H33N3O2/c1-2-23-12-14-25(15-13-23)20-32(21-26-10-6-16-30-19-26)29(34)27-11-7-17-31(22-27)28(33)18-24-8-4-3-5-9-24/h3-6,8-10,12-16,19,27H,2,7,11,17-18,20-22H2,1H3. The number of pyridine rings is 1. The number of rotatable bonds is 8. The molecule has 4 rings (SSSR count). The van der Waals surface area contributed by atoms with Crippen molar-refractivity contribution in [1.82, 2.24) is 14.8 Å². The van der Waals surface area contributed by atoms with Crippen molar-refractivity contribution in [3.05, 3.63) is 101 Å². The van der Waals surface area contributed by atoms with E-state index in [0.717, 1.165) is 42.5 Å². The van der Waals surface area contributed by atoms with Crippen molar-refractivity contribution in [2.24, 2.45) is 5.92 Å². The maximum Gasteiger partial charge on any atom is 0.228 e. The van der Waals surface area contributed by atoms with E-state index in [-0.39, 0.29) is 17.7 Å². The highest BCUT2D eigenvalue weighted by molar-refractivity contribution is 5.82. The van der Waals surface area contributed by atoms with Crippen LogP contribution in [0.3, 0.4) is 0 Å². The number of hydrogen-bond acceptors (Lipinski definition) is 3. The second-order valence-electron chi connectivity index (χ2n) is 9.07. The summed E-state index contributed by atoms with van der Waals surface area (Å²) in [6, 6.07) is 22.2. The van der Waals surface area contributed by atoms with Gasteiger partial charge < -0.3 is 9.80 Å². The van der Waals surface area contributed by atoms with Gasteiger partial charge in [0.25, 0.3) is 0 Å². The van der Waals surface area contributed by atoms with Crippen LogP contribution in [0.2, 0.25) is 0 Å². The fourth-order valence-electron chi connectivity index (χ4n) is 4.57. The number of amides is 2. The highest BCUT2D eigenvalue weighted by Gasteiger charge is 2.31. The molecule has 34 heavy (non-hydrogen) atoms. The minimum absolute atomic E-state index is 0.0951. The molecule has 1 atom stereocenters. The van der Waals surface area contributed by atoms with Gasteiger partial charge in [0.15, 0.2) is 0 Å². The van der Waals surface area contributed by atoms with E-state index in [0.29, 0.717) is 26.1 Å². The van der Waals surface area contributed by atoms with E-state index in [1.165, 1.54) is 5.56 Å². The quantitative estimate of drug-likeness (QED) is 0.497. The maximum absolute atomic E-state index is 13.7. The van der Waals surface area contributed by atoms with Crippen molar-refractivity contribution >= 4 is 11.8 Å². The topological polar surface area (TPSA) is 53.5 Å². The number of piperidine rings is 1. The summed E-state index contributed by atoms with van der Waals surface area (Å²) >= 11 is 0. The van der Waals surface area contributed by atoms with Gasteiger partial charge in [-0.15, -0.1) is 0 Å². The molecule has 1 aliphatic rings. The van der Waals surface area contributed by atoms with Gasteiger partial charge in [0.2, 0.25) is 11.8 Å². The molecule has 0 aliphatic carbocycles. The van der Waals surface area contributed by atoms with Crippen LogP contribution in [0.1, 0.15) is 42.0 Å². The van der Waals surface area contributed by atoms with Crippen LogP contribution in [0.25, 0.3) is 0 Å². The van der Waals surface area contributed by atoms with Gasteiger partial charge in [0, 0.05) is 38.6 Å². The number of likely N-dealkylation sites (tertiary alicyclic amines) is 1. The molecule has 1 aromatic heterocycles. The number of aromatic nitrogens is 1. The largest absolute Gasteiger partial charge is 0.342 e. The summed E-state index contributed by atoms with van der Waals surface area (Å²) in [5.41, 5.74) is 4.42. The monoisotopic (exact) mass is 455 g/mol. The van der Waals surface area contributed by atoms with Crippen LogP contribution in [0.5, 0.6) is 0 Å². The van der Waals surface area contributed by atoms with E-state index in [1.807, 2.05) is 58.5 Å². The van der Waals surface area contributed by atoms with Gasteiger partial charge in [-0.05, 0) is 47.6 Å². The Morgan fingerprint density at radius 3 is 2.32 bits per heavy atom. The van der Waals surface area contributed by atoms with Crippen LogP contribution in [0, 0.1) is 5.92 Å². The number of benzene rings is 2. The van der Waals surface area contributed by atoms with Crippen LogP contribution in [-0.4, -0.2) is 39.7 Å². The Kier molecular flexibility index (Phi) is 8.08. The third-order valence-corrected chi connectivity index (χ3v) is 6.53. The molecule has 5 nitrogen and oxygen atoms in total. The smallest absolute Gasteiger partial charge is 0.228 e. The average Bonchev–Trinajstić information content (AvgIpc) is 2.89. The number of aryl methyl sites for hydroxylation is 1. The van der Waals surface area contributed by atoms with E-state index >= 15 is 0 Å². The van der Waals surface area contributed by atoms with E-state index in [1.54, 1.807) is 6.20 Å². The normalized spacial score (nSPS) is 15.7. The first-order valence-electron chi connectivity index (χ1n) is 12.2. The van der Waals surface area contributed by atoms with E-state index in [9.17, 15) is 9.59 Å². The molecule has 176 valence electrons. The molecule has 2 aromatic carbocycles. The minimum Gasteiger partial charge on any atom is -0.342 e. The van der Waals surface area contributed by atoms with Crippen LogP contribution in [0.15, 0.2) is 79.1 Å². The van der Waals surface area contributed by atoms with Crippen molar-refractivity contribution in [2.45, 2.75) is 45.7 Å². The summed E-state index contributed by atoms with van der Waals surface area (Å²) in [6.45, 7) is 4.41. The molecule has 0 N–H and O–H groups in total. The lowest BCUT2D eigenvalue weighted by atomic mass is 9.95. The van der Waals surface area contributed by atoms with Crippen molar-refractivity contribution in [1.29, 1.82) is 0 Å². The molecule has 1 aliphatic heterocycles. The van der Waals surface area contributed by atoms with Gasteiger partial charge in [-0.3, -0.25) is 14.6 Å². The Bertz CT molecular complexity index is 1070. The average molecular weight is 456 g/mol. The molecular weight excluding hydrogens is 422 g/mol. The lowest BCUT2D eigenvalue weighted by Crippen LogP contribution is -2.46. The zero-order chi connectivity index (χ0) is 23.8. The van der Waals surface area contributed by atoms with E-state index < -0.39 is 0 Å². The molecule has 0 spiro atoms. The molecular formula is C29H33N3O2. The fourth-order valence-corrected chi connectivity index (χ4v) is 4.57. The maximum atomic E-state index is 13.7. The molecule has 0 radical (unpaired) electrons. The van der Waals surface area contributed by atoms with Crippen LogP contribution < -0.4 is 0 Å². The highest BCUT2D eigenvalue weighted by Crippen LogP contribution is 2.22. The number of carbonyl (C=O) groups excluding carboxylic acids is 2. The third-order valence-electron chi connectivity index (χ3n) is 6.53. The SMILES string of the molecule is CCc1ccc(CN(Cc2cccnc2)C(=O)C2CCCN(C(=O)Cc3ccccc3)C2)cc1. The summed E-state index contributed by atoms with van der Waals surface area (Å²) in [6.07, 6.45) is 6.60. The van der Waals surface area contributed by atoms with Crippen molar-refractivity contribution in [3.63, 3.8) is 0 Å². The number of carbonyl (C=O) groups is 2. The lowest BCUT2D eigenvalue weighted by Gasteiger charge is -2.35. The van der Waals surface area contributed by atoms with Gasteiger partial charge in [0.1, 0.15) is 0 Å². The van der Waals surface area contributed by atoms with E-state index in [4.69, 9.17) is 0 Å². The summed E-state index contributed by atoms with van der Waals surface area (Å²) in [5, 5.41) is 0. The second kappa shape index (κ2) is 11.6. The Morgan fingerprint density at radius 1 is 0.912 bits per heavy atom.